The molecular formula is C10H22N2O2. The predicted octanol–water partition coefficient (Wildman–Crippen LogP) is 0.103. The molecule has 0 saturated carbocycles. The quantitative estimate of drug-likeness (QED) is 0.592. The Labute approximate surface area is 85.9 Å². The summed E-state index contributed by atoms with van der Waals surface area (Å²) in [7, 11) is 0. The van der Waals surface area contributed by atoms with Crippen LogP contribution < -0.4 is 11.1 Å². The van der Waals surface area contributed by atoms with Crippen LogP contribution in [0.2, 0.25) is 0 Å². The fraction of sp³-hybridized carbons (Fsp3) is 0.900. The van der Waals surface area contributed by atoms with Crippen molar-refractivity contribution in [3.05, 3.63) is 0 Å². The molecule has 2 atom stereocenters. The largest absolute Gasteiger partial charge is 0.394 e. The van der Waals surface area contributed by atoms with Crippen LogP contribution in [0.1, 0.15) is 27.7 Å². The summed E-state index contributed by atoms with van der Waals surface area (Å²) in [4.78, 5) is 11.5. The van der Waals surface area contributed by atoms with Gasteiger partial charge in [-0.1, -0.05) is 27.7 Å². The highest BCUT2D eigenvalue weighted by molar-refractivity contribution is 5.82. The molecule has 84 valence electrons. The third-order valence-electron chi connectivity index (χ3n) is 2.35. The second kappa shape index (κ2) is 5.98. The zero-order chi connectivity index (χ0) is 11.3. The van der Waals surface area contributed by atoms with Gasteiger partial charge < -0.3 is 16.2 Å². The predicted molar refractivity (Wildman–Crippen MR) is 56.7 cm³/mol. The first-order valence-electron chi connectivity index (χ1n) is 5.07. The maximum atomic E-state index is 11.5. The minimum Gasteiger partial charge on any atom is -0.394 e. The molecule has 0 aromatic heterocycles. The monoisotopic (exact) mass is 202 g/mol. The van der Waals surface area contributed by atoms with Gasteiger partial charge in [-0.3, -0.25) is 4.79 Å². The fourth-order valence-corrected chi connectivity index (χ4v) is 1.00. The molecule has 4 N–H and O–H groups in total. The summed E-state index contributed by atoms with van der Waals surface area (Å²) in [6.07, 6.45) is 0. The van der Waals surface area contributed by atoms with Crippen LogP contribution in [0, 0.1) is 11.8 Å². The van der Waals surface area contributed by atoms with Crippen LogP contribution >= 0.6 is 0 Å². The van der Waals surface area contributed by atoms with E-state index < -0.39 is 6.04 Å². The molecule has 0 radical (unpaired) electrons. The lowest BCUT2D eigenvalue weighted by Crippen LogP contribution is -2.50. The van der Waals surface area contributed by atoms with Crippen molar-refractivity contribution in [2.75, 3.05) is 6.61 Å². The summed E-state index contributed by atoms with van der Waals surface area (Å²) in [5, 5.41) is 11.7. The topological polar surface area (TPSA) is 75.3 Å². The maximum Gasteiger partial charge on any atom is 0.237 e. The SMILES string of the molecule is CC(C)C(CO)NC(=O)C(N)C(C)C. The zero-order valence-corrected chi connectivity index (χ0v) is 9.45. The highest BCUT2D eigenvalue weighted by Crippen LogP contribution is 2.03. The van der Waals surface area contributed by atoms with E-state index in [0.717, 1.165) is 0 Å². The molecule has 0 spiro atoms. The first-order valence-corrected chi connectivity index (χ1v) is 5.07. The van der Waals surface area contributed by atoms with Gasteiger partial charge in [-0.05, 0) is 11.8 Å². The van der Waals surface area contributed by atoms with E-state index in [1.54, 1.807) is 0 Å². The van der Waals surface area contributed by atoms with Crippen LogP contribution in [0.3, 0.4) is 0 Å². The number of rotatable bonds is 5. The van der Waals surface area contributed by atoms with E-state index in [1.165, 1.54) is 0 Å². The second-order valence-electron chi connectivity index (χ2n) is 4.31. The number of amides is 1. The van der Waals surface area contributed by atoms with E-state index in [2.05, 4.69) is 5.32 Å². The van der Waals surface area contributed by atoms with Crippen molar-refractivity contribution in [1.29, 1.82) is 0 Å². The Balaban J connectivity index is 4.15. The Hall–Kier alpha value is -0.610. The Bertz CT molecular complexity index is 181. The minimum absolute atomic E-state index is 0.0474. The van der Waals surface area contributed by atoms with Crippen LogP contribution in [0.4, 0.5) is 0 Å². The number of nitrogens with two attached hydrogens (primary N) is 1. The van der Waals surface area contributed by atoms with Gasteiger partial charge in [0.1, 0.15) is 0 Å². The first kappa shape index (κ1) is 13.4. The molecule has 2 unspecified atom stereocenters. The average Bonchev–Trinajstić information content (AvgIpc) is 2.11. The maximum absolute atomic E-state index is 11.5. The van der Waals surface area contributed by atoms with Gasteiger partial charge in [-0.25, -0.2) is 0 Å². The van der Waals surface area contributed by atoms with Gasteiger partial charge in [0.15, 0.2) is 0 Å². The van der Waals surface area contributed by atoms with Gasteiger partial charge in [0.05, 0.1) is 18.7 Å². The first-order chi connectivity index (χ1) is 6.40. The number of carbonyl (C=O) groups is 1. The van der Waals surface area contributed by atoms with E-state index in [1.807, 2.05) is 27.7 Å². The molecule has 0 aromatic rings. The van der Waals surface area contributed by atoms with E-state index in [-0.39, 0.29) is 30.4 Å². The lowest BCUT2D eigenvalue weighted by molar-refractivity contribution is -0.124. The number of nitrogens with one attached hydrogen (secondary N) is 1. The average molecular weight is 202 g/mol. The Morgan fingerprint density at radius 3 is 2.07 bits per heavy atom. The van der Waals surface area contributed by atoms with Crippen molar-refractivity contribution >= 4 is 5.91 Å². The van der Waals surface area contributed by atoms with Crippen molar-refractivity contribution < 1.29 is 9.90 Å². The Kier molecular flexibility index (Phi) is 5.72. The summed E-state index contributed by atoms with van der Waals surface area (Å²) < 4.78 is 0. The molecule has 0 aromatic carbocycles. The number of carbonyl (C=O) groups excluding carboxylic acids is 1. The van der Waals surface area contributed by atoms with Gasteiger partial charge in [0.25, 0.3) is 0 Å². The molecule has 0 bridgehead atoms. The molecule has 0 aliphatic carbocycles. The minimum atomic E-state index is -0.497. The van der Waals surface area contributed by atoms with E-state index in [0.29, 0.717) is 0 Å². The third kappa shape index (κ3) is 4.07. The Morgan fingerprint density at radius 1 is 1.29 bits per heavy atom. The van der Waals surface area contributed by atoms with Crippen molar-refractivity contribution in [3.63, 3.8) is 0 Å². The Morgan fingerprint density at radius 2 is 1.79 bits per heavy atom. The van der Waals surface area contributed by atoms with Gasteiger partial charge in [-0.2, -0.15) is 0 Å². The lowest BCUT2D eigenvalue weighted by Gasteiger charge is -2.23. The molecule has 1 amide bonds. The number of hydrogen-bond acceptors (Lipinski definition) is 3. The number of hydrogen-bond donors (Lipinski definition) is 3. The van der Waals surface area contributed by atoms with Gasteiger partial charge >= 0.3 is 0 Å². The molecule has 14 heavy (non-hydrogen) atoms. The van der Waals surface area contributed by atoms with Crippen LogP contribution in [-0.4, -0.2) is 29.7 Å². The molecule has 4 nitrogen and oxygen atoms in total. The highest BCUT2D eigenvalue weighted by Gasteiger charge is 2.21. The smallest absolute Gasteiger partial charge is 0.237 e. The van der Waals surface area contributed by atoms with Crippen LogP contribution in [0.15, 0.2) is 0 Å². The number of aliphatic hydroxyl groups excluding tert-OH is 1. The van der Waals surface area contributed by atoms with Gasteiger partial charge in [0, 0.05) is 0 Å². The van der Waals surface area contributed by atoms with Crippen LogP contribution in [-0.2, 0) is 4.79 Å². The lowest BCUT2D eigenvalue weighted by atomic mass is 10.0. The van der Waals surface area contributed by atoms with Crippen molar-refractivity contribution in [2.45, 2.75) is 39.8 Å². The van der Waals surface area contributed by atoms with Crippen LogP contribution in [0.25, 0.3) is 0 Å². The summed E-state index contributed by atoms with van der Waals surface area (Å²) in [5.74, 6) is 0.137. The molecular weight excluding hydrogens is 180 g/mol. The molecule has 0 aliphatic rings. The molecule has 0 fully saturated rings. The van der Waals surface area contributed by atoms with E-state index in [9.17, 15) is 4.79 Å². The van der Waals surface area contributed by atoms with Gasteiger partial charge in [0.2, 0.25) is 5.91 Å². The number of aliphatic hydroxyl groups is 1. The van der Waals surface area contributed by atoms with Crippen molar-refractivity contribution in [1.82, 2.24) is 5.32 Å². The second-order valence-corrected chi connectivity index (χ2v) is 4.31. The van der Waals surface area contributed by atoms with Crippen LogP contribution in [0.5, 0.6) is 0 Å². The van der Waals surface area contributed by atoms with Gasteiger partial charge in [-0.15, -0.1) is 0 Å². The molecule has 0 rings (SSSR count). The van der Waals surface area contributed by atoms with E-state index in [4.69, 9.17) is 10.8 Å². The standard InChI is InChI=1S/C10H22N2O2/c1-6(2)8(5-13)12-10(14)9(11)7(3)4/h6-9,13H,5,11H2,1-4H3,(H,12,14). The van der Waals surface area contributed by atoms with E-state index >= 15 is 0 Å². The summed E-state index contributed by atoms with van der Waals surface area (Å²) >= 11 is 0. The van der Waals surface area contributed by atoms with Crippen molar-refractivity contribution in [3.8, 4) is 0 Å². The fourth-order valence-electron chi connectivity index (χ4n) is 1.00. The molecule has 0 heterocycles. The molecule has 4 heteroatoms. The molecule has 0 saturated heterocycles. The van der Waals surface area contributed by atoms with Crippen molar-refractivity contribution in [2.24, 2.45) is 17.6 Å². The zero-order valence-electron chi connectivity index (χ0n) is 9.45. The summed E-state index contributed by atoms with van der Waals surface area (Å²) in [6, 6.07) is -0.699. The highest BCUT2D eigenvalue weighted by atomic mass is 16.3. The third-order valence-corrected chi connectivity index (χ3v) is 2.35. The molecule has 0 aliphatic heterocycles. The summed E-state index contributed by atoms with van der Waals surface area (Å²) in [6.45, 7) is 7.64. The summed E-state index contributed by atoms with van der Waals surface area (Å²) in [5.41, 5.74) is 5.67. The normalized spacial score (nSPS) is 15.7.